The highest BCUT2D eigenvalue weighted by Gasteiger charge is 2.54. The Morgan fingerprint density at radius 1 is 1.18 bits per heavy atom. The van der Waals surface area contributed by atoms with Crippen molar-refractivity contribution in [1.82, 2.24) is 10.2 Å². The molecule has 2 aliphatic rings. The smallest absolute Gasteiger partial charge is 0.327 e. The number of benzene rings is 1. The molecule has 0 spiro atoms. The topological polar surface area (TPSA) is 86.7 Å². The number of nitrogens with zero attached hydrogens (tertiary/aromatic N) is 1. The fraction of sp³-hybridized carbons (Fsp3) is 0.571. The Morgan fingerprint density at radius 3 is 2.46 bits per heavy atom. The van der Waals surface area contributed by atoms with Gasteiger partial charge in [-0.15, -0.1) is 0 Å². The summed E-state index contributed by atoms with van der Waals surface area (Å²) in [4.78, 5) is 37.5. The zero-order valence-corrected chi connectivity index (χ0v) is 15.9. The number of carboxylic acids is 1. The van der Waals surface area contributed by atoms with Gasteiger partial charge in [-0.05, 0) is 37.2 Å². The van der Waals surface area contributed by atoms with Crippen molar-refractivity contribution in [2.75, 3.05) is 6.67 Å². The minimum atomic E-state index is -1.21. The number of aryl methyl sites for hydroxylation is 1. The molecule has 152 valence electrons. The van der Waals surface area contributed by atoms with Crippen LogP contribution in [0.3, 0.4) is 0 Å². The number of nitrogens with one attached hydrogen (secondary N) is 1. The van der Waals surface area contributed by atoms with E-state index in [1.807, 2.05) is 30.3 Å². The van der Waals surface area contributed by atoms with Gasteiger partial charge in [0.05, 0.1) is 12.0 Å². The van der Waals surface area contributed by atoms with E-state index in [4.69, 9.17) is 0 Å². The first-order valence-electron chi connectivity index (χ1n) is 9.99. The minimum absolute atomic E-state index is 0.0382. The zero-order valence-electron chi connectivity index (χ0n) is 15.9. The monoisotopic (exact) mass is 390 g/mol. The van der Waals surface area contributed by atoms with Crippen molar-refractivity contribution in [2.24, 2.45) is 11.8 Å². The Balaban J connectivity index is 1.61. The number of hydrogen-bond acceptors (Lipinski definition) is 3. The van der Waals surface area contributed by atoms with Gasteiger partial charge in [-0.2, -0.15) is 0 Å². The molecule has 2 fully saturated rings. The van der Waals surface area contributed by atoms with Crippen LogP contribution in [0.15, 0.2) is 30.3 Å². The maximum Gasteiger partial charge on any atom is 0.327 e. The number of amides is 3. The molecule has 0 aromatic heterocycles. The number of hydrogen-bond donors (Lipinski definition) is 2. The lowest BCUT2D eigenvalue weighted by Crippen LogP contribution is -2.69. The van der Waals surface area contributed by atoms with Crippen molar-refractivity contribution in [3.05, 3.63) is 35.9 Å². The first-order chi connectivity index (χ1) is 13.5. The van der Waals surface area contributed by atoms with E-state index < -0.39 is 42.6 Å². The summed E-state index contributed by atoms with van der Waals surface area (Å²) in [6, 6.07) is 6.84. The molecule has 1 aromatic rings. The number of rotatable bonds is 7. The lowest BCUT2D eigenvalue weighted by atomic mass is 9.82. The summed E-state index contributed by atoms with van der Waals surface area (Å²) >= 11 is 0. The van der Waals surface area contributed by atoms with E-state index >= 15 is 0 Å². The summed E-state index contributed by atoms with van der Waals surface area (Å²) in [5, 5.41) is 12.1. The second-order valence-corrected chi connectivity index (χ2v) is 7.73. The van der Waals surface area contributed by atoms with Gasteiger partial charge in [0.15, 0.2) is 6.04 Å². The van der Waals surface area contributed by atoms with Crippen LogP contribution in [0, 0.1) is 11.8 Å². The molecule has 1 aromatic carbocycles. The molecule has 0 radical (unpaired) electrons. The summed E-state index contributed by atoms with van der Waals surface area (Å²) < 4.78 is 13.5. The number of carboxylic acid groups (broad SMARTS) is 1. The molecule has 3 atom stereocenters. The number of carbonyl (C=O) groups is 3. The van der Waals surface area contributed by atoms with Crippen molar-refractivity contribution >= 4 is 17.9 Å². The van der Waals surface area contributed by atoms with Gasteiger partial charge in [0.2, 0.25) is 5.91 Å². The summed E-state index contributed by atoms with van der Waals surface area (Å²) in [5.41, 5.74) is 1.01. The number of imide groups is 1. The lowest BCUT2D eigenvalue weighted by Gasteiger charge is -2.43. The van der Waals surface area contributed by atoms with Gasteiger partial charge >= 0.3 is 12.0 Å². The predicted octanol–water partition coefficient (Wildman–Crippen LogP) is 3.16. The summed E-state index contributed by atoms with van der Waals surface area (Å²) in [7, 11) is 0. The molecule has 1 saturated heterocycles. The summed E-state index contributed by atoms with van der Waals surface area (Å²) in [6.45, 7) is -0.715. The zero-order chi connectivity index (χ0) is 20.1. The van der Waals surface area contributed by atoms with E-state index in [1.165, 1.54) is 0 Å². The molecular formula is C21H27FN2O4. The van der Waals surface area contributed by atoms with Crippen LogP contribution >= 0.6 is 0 Å². The van der Waals surface area contributed by atoms with Crippen LogP contribution in [0.4, 0.5) is 9.18 Å². The normalized spacial score (nSPS) is 23.8. The van der Waals surface area contributed by atoms with Crippen LogP contribution in [0.1, 0.15) is 44.1 Å². The quantitative estimate of drug-likeness (QED) is 0.700. The standard InChI is InChI=1S/C21H27FN2O4/c22-13-17(15-9-5-2-6-10-15)23-21(28)24-18(20(26)27)16(19(24)25)12-11-14-7-3-1-4-8-14/h1,3-4,7-8,15-18H,2,5-6,9-13H2,(H,23,28)(H,26,27)/t16-,17-,18+/m1/s1. The number of aliphatic carboxylic acids is 1. The summed E-state index contributed by atoms with van der Waals surface area (Å²) in [6.07, 6.45) is 5.70. The highest BCUT2D eigenvalue weighted by atomic mass is 19.1. The molecule has 1 heterocycles. The number of likely N-dealkylation sites (tertiary alicyclic amines) is 1. The van der Waals surface area contributed by atoms with E-state index in [0.29, 0.717) is 12.8 Å². The van der Waals surface area contributed by atoms with Crippen molar-refractivity contribution < 1.29 is 23.9 Å². The van der Waals surface area contributed by atoms with E-state index in [-0.39, 0.29) is 5.92 Å². The van der Waals surface area contributed by atoms with Gasteiger partial charge in [0, 0.05) is 0 Å². The molecule has 3 rings (SSSR count). The second kappa shape index (κ2) is 9.17. The number of urea groups is 1. The SMILES string of the molecule is O=C(O)[C@@H]1[C@@H](CCc2ccccc2)C(=O)N1C(=O)N[C@H](CF)C1CCCCC1. The average Bonchev–Trinajstić information content (AvgIpc) is 2.71. The third kappa shape index (κ3) is 4.34. The largest absolute Gasteiger partial charge is 0.480 e. The molecule has 0 unspecified atom stereocenters. The van der Waals surface area contributed by atoms with E-state index in [1.54, 1.807) is 0 Å². The number of β-lactam (4-membered cyclic amide) rings is 1. The molecule has 1 aliphatic carbocycles. The summed E-state index contributed by atoms with van der Waals surface area (Å²) in [5.74, 6) is -2.40. The lowest BCUT2D eigenvalue weighted by molar-refractivity contribution is -0.166. The minimum Gasteiger partial charge on any atom is -0.480 e. The van der Waals surface area contributed by atoms with Crippen LogP contribution in [-0.4, -0.2) is 46.7 Å². The Hall–Kier alpha value is -2.44. The van der Waals surface area contributed by atoms with Gasteiger partial charge in [0.25, 0.3) is 0 Å². The first-order valence-corrected chi connectivity index (χ1v) is 9.99. The fourth-order valence-corrected chi connectivity index (χ4v) is 4.35. The van der Waals surface area contributed by atoms with Gasteiger partial charge in [-0.1, -0.05) is 49.6 Å². The van der Waals surface area contributed by atoms with Crippen LogP contribution in [-0.2, 0) is 16.0 Å². The van der Waals surface area contributed by atoms with Gasteiger partial charge < -0.3 is 10.4 Å². The second-order valence-electron chi connectivity index (χ2n) is 7.73. The molecule has 6 nitrogen and oxygen atoms in total. The van der Waals surface area contributed by atoms with Gasteiger partial charge in [0.1, 0.15) is 6.67 Å². The van der Waals surface area contributed by atoms with Crippen molar-refractivity contribution in [3.63, 3.8) is 0 Å². The van der Waals surface area contributed by atoms with E-state index in [9.17, 15) is 23.9 Å². The van der Waals surface area contributed by atoms with Crippen molar-refractivity contribution in [3.8, 4) is 0 Å². The third-order valence-electron chi connectivity index (χ3n) is 5.97. The van der Waals surface area contributed by atoms with Crippen LogP contribution < -0.4 is 5.32 Å². The fourth-order valence-electron chi connectivity index (χ4n) is 4.35. The molecule has 28 heavy (non-hydrogen) atoms. The number of halogens is 1. The highest BCUT2D eigenvalue weighted by molar-refractivity contribution is 6.07. The van der Waals surface area contributed by atoms with Gasteiger partial charge in [-0.25, -0.2) is 18.9 Å². The van der Waals surface area contributed by atoms with Crippen LogP contribution in [0.2, 0.25) is 0 Å². The highest BCUT2D eigenvalue weighted by Crippen LogP contribution is 2.32. The maximum absolute atomic E-state index is 13.5. The van der Waals surface area contributed by atoms with E-state index in [2.05, 4.69) is 5.32 Å². The molecule has 1 aliphatic heterocycles. The molecule has 0 bridgehead atoms. The molecule has 2 N–H and O–H groups in total. The third-order valence-corrected chi connectivity index (χ3v) is 5.97. The van der Waals surface area contributed by atoms with Crippen molar-refractivity contribution in [2.45, 2.75) is 57.0 Å². The first kappa shape index (κ1) is 20.3. The van der Waals surface area contributed by atoms with Crippen LogP contribution in [0.5, 0.6) is 0 Å². The van der Waals surface area contributed by atoms with E-state index in [0.717, 1.165) is 42.6 Å². The van der Waals surface area contributed by atoms with Gasteiger partial charge in [-0.3, -0.25) is 4.79 Å². The molecular weight excluding hydrogens is 363 g/mol. The maximum atomic E-state index is 13.5. The van der Waals surface area contributed by atoms with Crippen LogP contribution in [0.25, 0.3) is 0 Å². The average molecular weight is 390 g/mol. The molecule has 3 amide bonds. The Morgan fingerprint density at radius 2 is 1.86 bits per heavy atom. The number of alkyl halides is 1. The Labute approximate surface area is 164 Å². The molecule has 1 saturated carbocycles. The molecule has 7 heteroatoms. The predicted molar refractivity (Wildman–Crippen MR) is 101 cm³/mol. The number of carbonyl (C=O) groups excluding carboxylic acids is 2. The Bertz CT molecular complexity index is 706. The van der Waals surface area contributed by atoms with Crippen molar-refractivity contribution in [1.29, 1.82) is 0 Å². The Kier molecular flexibility index (Phi) is 6.65.